The van der Waals surface area contributed by atoms with E-state index in [4.69, 9.17) is 9.47 Å². The minimum atomic E-state index is 0.479. The summed E-state index contributed by atoms with van der Waals surface area (Å²) in [4.78, 5) is 0. The van der Waals surface area contributed by atoms with E-state index in [0.717, 1.165) is 12.4 Å². The van der Waals surface area contributed by atoms with E-state index in [1.54, 1.807) is 0 Å². The van der Waals surface area contributed by atoms with Crippen molar-refractivity contribution in [1.29, 1.82) is 0 Å². The van der Waals surface area contributed by atoms with Crippen LogP contribution in [-0.4, -0.2) is 12.7 Å². The van der Waals surface area contributed by atoms with Crippen LogP contribution in [0.2, 0.25) is 0 Å². The summed E-state index contributed by atoms with van der Waals surface area (Å²) in [6.07, 6.45) is 2.90. The first-order valence-corrected chi connectivity index (χ1v) is 5.22. The molecule has 1 aliphatic carbocycles. The van der Waals surface area contributed by atoms with Crippen LogP contribution in [0.15, 0.2) is 24.3 Å². The molecule has 0 N–H and O–H groups in total. The molecule has 1 saturated carbocycles. The van der Waals surface area contributed by atoms with Crippen LogP contribution in [0.5, 0.6) is 5.75 Å². The maximum absolute atomic E-state index is 5.64. The highest BCUT2D eigenvalue weighted by molar-refractivity contribution is 5.27. The highest BCUT2D eigenvalue weighted by Gasteiger charge is 2.23. The van der Waals surface area contributed by atoms with Crippen molar-refractivity contribution in [3.63, 3.8) is 0 Å². The maximum atomic E-state index is 5.64. The smallest absolute Gasteiger partial charge is 0.119 e. The standard InChI is InChI=1S/C12H16O2/c1-2-13-9-10-3-5-11(6-4-10)14-12-7-8-12/h3-6,12H,2,7-9H2,1H3. The molecule has 2 rings (SSSR count). The van der Waals surface area contributed by atoms with Crippen LogP contribution in [0.1, 0.15) is 25.3 Å². The van der Waals surface area contributed by atoms with Crippen LogP contribution < -0.4 is 4.74 Å². The lowest BCUT2D eigenvalue weighted by Crippen LogP contribution is -1.96. The number of benzene rings is 1. The van der Waals surface area contributed by atoms with Crippen molar-refractivity contribution in [3.8, 4) is 5.75 Å². The second-order valence-electron chi connectivity index (χ2n) is 3.60. The molecular formula is C12H16O2. The highest BCUT2D eigenvalue weighted by atomic mass is 16.5. The number of ether oxygens (including phenoxy) is 2. The molecule has 1 aliphatic rings. The molecule has 0 bridgehead atoms. The second-order valence-corrected chi connectivity index (χ2v) is 3.60. The van der Waals surface area contributed by atoms with E-state index in [0.29, 0.717) is 12.7 Å². The summed E-state index contributed by atoms with van der Waals surface area (Å²) in [5, 5.41) is 0. The van der Waals surface area contributed by atoms with Crippen LogP contribution >= 0.6 is 0 Å². The van der Waals surface area contributed by atoms with Crippen LogP contribution in [0.4, 0.5) is 0 Å². The van der Waals surface area contributed by atoms with E-state index in [1.807, 2.05) is 19.1 Å². The first kappa shape index (κ1) is 9.53. The van der Waals surface area contributed by atoms with Gasteiger partial charge in [-0.05, 0) is 37.5 Å². The zero-order chi connectivity index (χ0) is 9.80. The van der Waals surface area contributed by atoms with Gasteiger partial charge in [0.1, 0.15) is 5.75 Å². The molecule has 0 aliphatic heterocycles. The summed E-state index contributed by atoms with van der Waals surface area (Å²) in [6, 6.07) is 8.17. The molecule has 1 aromatic rings. The van der Waals surface area contributed by atoms with E-state index in [-0.39, 0.29) is 0 Å². The molecule has 2 nitrogen and oxygen atoms in total. The summed E-state index contributed by atoms with van der Waals surface area (Å²) in [7, 11) is 0. The van der Waals surface area contributed by atoms with E-state index < -0.39 is 0 Å². The molecule has 0 atom stereocenters. The summed E-state index contributed by atoms with van der Waals surface area (Å²) >= 11 is 0. The van der Waals surface area contributed by atoms with Crippen molar-refractivity contribution in [2.24, 2.45) is 0 Å². The largest absolute Gasteiger partial charge is 0.490 e. The molecule has 0 saturated heterocycles. The maximum Gasteiger partial charge on any atom is 0.119 e. The van der Waals surface area contributed by atoms with Gasteiger partial charge in [-0.2, -0.15) is 0 Å². The molecule has 0 heterocycles. The third kappa shape index (κ3) is 2.74. The Labute approximate surface area is 84.8 Å². The van der Waals surface area contributed by atoms with Crippen molar-refractivity contribution in [2.45, 2.75) is 32.5 Å². The predicted octanol–water partition coefficient (Wildman–Crippen LogP) is 2.76. The number of hydrogen-bond acceptors (Lipinski definition) is 2. The average molecular weight is 192 g/mol. The molecule has 1 fully saturated rings. The lowest BCUT2D eigenvalue weighted by Gasteiger charge is -2.05. The Morgan fingerprint density at radius 1 is 1.21 bits per heavy atom. The summed E-state index contributed by atoms with van der Waals surface area (Å²) in [5.74, 6) is 0.979. The minimum Gasteiger partial charge on any atom is -0.490 e. The van der Waals surface area contributed by atoms with E-state index in [2.05, 4.69) is 12.1 Å². The van der Waals surface area contributed by atoms with Crippen LogP contribution in [0.25, 0.3) is 0 Å². The average Bonchev–Trinajstić information content (AvgIpc) is 3.01. The fraction of sp³-hybridized carbons (Fsp3) is 0.500. The second kappa shape index (κ2) is 4.47. The zero-order valence-corrected chi connectivity index (χ0v) is 8.53. The van der Waals surface area contributed by atoms with E-state index in [1.165, 1.54) is 18.4 Å². The van der Waals surface area contributed by atoms with Gasteiger partial charge in [-0.25, -0.2) is 0 Å². The Hall–Kier alpha value is -1.02. The Morgan fingerprint density at radius 3 is 2.50 bits per heavy atom. The summed E-state index contributed by atoms with van der Waals surface area (Å²) < 4.78 is 11.0. The first-order valence-electron chi connectivity index (χ1n) is 5.22. The van der Waals surface area contributed by atoms with E-state index >= 15 is 0 Å². The Bertz CT molecular complexity index is 275. The van der Waals surface area contributed by atoms with Gasteiger partial charge in [0.25, 0.3) is 0 Å². The molecule has 2 heteroatoms. The molecule has 0 radical (unpaired) electrons. The normalized spacial score (nSPS) is 15.5. The number of hydrogen-bond donors (Lipinski definition) is 0. The van der Waals surface area contributed by atoms with Gasteiger partial charge in [-0.15, -0.1) is 0 Å². The first-order chi connectivity index (χ1) is 6.88. The number of rotatable bonds is 5. The van der Waals surface area contributed by atoms with Gasteiger partial charge in [0, 0.05) is 6.61 Å². The molecule has 76 valence electrons. The van der Waals surface area contributed by atoms with Crippen molar-refractivity contribution in [2.75, 3.05) is 6.61 Å². The Balaban J connectivity index is 1.88. The van der Waals surface area contributed by atoms with Gasteiger partial charge < -0.3 is 9.47 Å². The third-order valence-electron chi connectivity index (χ3n) is 2.22. The van der Waals surface area contributed by atoms with Crippen LogP contribution in [0.3, 0.4) is 0 Å². The molecular weight excluding hydrogens is 176 g/mol. The van der Waals surface area contributed by atoms with Crippen molar-refractivity contribution in [1.82, 2.24) is 0 Å². The SMILES string of the molecule is CCOCc1ccc(OC2CC2)cc1. The molecule has 14 heavy (non-hydrogen) atoms. The molecule has 0 spiro atoms. The zero-order valence-electron chi connectivity index (χ0n) is 8.53. The topological polar surface area (TPSA) is 18.5 Å². The van der Waals surface area contributed by atoms with Gasteiger partial charge in [0.2, 0.25) is 0 Å². The van der Waals surface area contributed by atoms with Gasteiger partial charge in [0.15, 0.2) is 0 Å². The molecule has 0 unspecified atom stereocenters. The lowest BCUT2D eigenvalue weighted by molar-refractivity contribution is 0.134. The Morgan fingerprint density at radius 2 is 1.93 bits per heavy atom. The third-order valence-corrected chi connectivity index (χ3v) is 2.22. The minimum absolute atomic E-state index is 0.479. The summed E-state index contributed by atoms with van der Waals surface area (Å²) in [6.45, 7) is 3.46. The molecule has 0 amide bonds. The van der Waals surface area contributed by atoms with Crippen LogP contribution in [-0.2, 0) is 11.3 Å². The molecule has 1 aromatic carbocycles. The summed E-state index contributed by atoms with van der Waals surface area (Å²) in [5.41, 5.74) is 1.20. The quantitative estimate of drug-likeness (QED) is 0.714. The predicted molar refractivity (Wildman–Crippen MR) is 55.4 cm³/mol. The van der Waals surface area contributed by atoms with Crippen molar-refractivity contribution >= 4 is 0 Å². The lowest BCUT2D eigenvalue weighted by atomic mass is 10.2. The van der Waals surface area contributed by atoms with Gasteiger partial charge in [-0.3, -0.25) is 0 Å². The van der Waals surface area contributed by atoms with Crippen molar-refractivity contribution in [3.05, 3.63) is 29.8 Å². The Kier molecular flexibility index (Phi) is 3.04. The monoisotopic (exact) mass is 192 g/mol. The van der Waals surface area contributed by atoms with Crippen molar-refractivity contribution < 1.29 is 9.47 Å². The van der Waals surface area contributed by atoms with Gasteiger partial charge in [-0.1, -0.05) is 12.1 Å². The van der Waals surface area contributed by atoms with Crippen LogP contribution in [0, 0.1) is 0 Å². The highest BCUT2D eigenvalue weighted by Crippen LogP contribution is 2.26. The fourth-order valence-electron chi connectivity index (χ4n) is 1.26. The van der Waals surface area contributed by atoms with Gasteiger partial charge >= 0.3 is 0 Å². The van der Waals surface area contributed by atoms with Gasteiger partial charge in [0.05, 0.1) is 12.7 Å². The fourth-order valence-corrected chi connectivity index (χ4v) is 1.26. The molecule has 0 aromatic heterocycles. The van der Waals surface area contributed by atoms with E-state index in [9.17, 15) is 0 Å².